The molecule has 0 aromatic heterocycles. The molecule has 0 bridgehead atoms. The molecule has 18 heavy (non-hydrogen) atoms. The summed E-state index contributed by atoms with van der Waals surface area (Å²) in [4.78, 5) is 11.1. The maximum absolute atomic E-state index is 11.1. The Morgan fingerprint density at radius 1 is 1.28 bits per heavy atom. The smallest absolute Gasteiger partial charge is 0.332 e. The fourth-order valence-corrected chi connectivity index (χ4v) is 2.24. The number of aliphatic carboxylic acids is 1. The van der Waals surface area contributed by atoms with E-state index >= 15 is 0 Å². The predicted octanol–water partition coefficient (Wildman–Crippen LogP) is 2.26. The lowest BCUT2D eigenvalue weighted by Crippen LogP contribution is -2.23. The second-order valence-corrected chi connectivity index (χ2v) is 7.07. The zero-order valence-corrected chi connectivity index (χ0v) is 12.3. The van der Waals surface area contributed by atoms with Gasteiger partial charge in [0.25, 0.3) is 10.1 Å². The third-order valence-electron chi connectivity index (χ3n) is 2.49. The third kappa shape index (κ3) is 5.61. The van der Waals surface area contributed by atoms with Crippen LogP contribution in [-0.2, 0) is 14.9 Å². The number of allylic oxidation sites excluding steroid dienone is 1. The minimum absolute atomic E-state index is 0. The quantitative estimate of drug-likeness (QED) is 0.536. The van der Waals surface area contributed by atoms with Crippen molar-refractivity contribution in [2.45, 2.75) is 46.3 Å². The first-order valence-corrected chi connectivity index (χ1v) is 6.77. The van der Waals surface area contributed by atoms with E-state index in [9.17, 15) is 13.2 Å². The summed E-state index contributed by atoms with van der Waals surface area (Å²) in [5, 5.41) is 8.12. The highest BCUT2D eigenvalue weighted by Gasteiger charge is 2.28. The van der Waals surface area contributed by atoms with Gasteiger partial charge in [-0.05, 0) is 25.7 Å². The first kappa shape index (κ1) is 19.4. The Labute approximate surface area is 108 Å². The van der Waals surface area contributed by atoms with Gasteiger partial charge in [0.05, 0.1) is 5.25 Å². The van der Waals surface area contributed by atoms with Crippen LogP contribution in [0.1, 0.15) is 41.0 Å². The maximum Gasteiger partial charge on any atom is 0.332 e. The molecule has 0 heterocycles. The predicted molar refractivity (Wildman–Crippen MR) is 70.4 cm³/mol. The van der Waals surface area contributed by atoms with E-state index in [0.29, 0.717) is 5.57 Å². The van der Waals surface area contributed by atoms with Gasteiger partial charge in [0, 0.05) is 5.57 Å². The minimum Gasteiger partial charge on any atom is -0.478 e. The molecule has 0 amide bonds. The highest BCUT2D eigenvalue weighted by atomic mass is 32.2. The van der Waals surface area contributed by atoms with Gasteiger partial charge in [-0.2, -0.15) is 8.42 Å². The van der Waals surface area contributed by atoms with Gasteiger partial charge in [-0.3, -0.25) is 4.55 Å². The average Bonchev–Trinajstić information content (AvgIpc) is 1.97. The molecule has 0 aromatic carbocycles. The van der Waals surface area contributed by atoms with Crippen molar-refractivity contribution in [3.63, 3.8) is 0 Å². The number of rotatable bonds is 4. The van der Waals surface area contributed by atoms with Crippen LogP contribution < -0.4 is 6.15 Å². The fraction of sp³-hybridized carbons (Fsp3) is 0.727. The van der Waals surface area contributed by atoms with Gasteiger partial charge >= 0.3 is 5.97 Å². The van der Waals surface area contributed by atoms with E-state index in [2.05, 4.69) is 0 Å². The van der Waals surface area contributed by atoms with Crippen LogP contribution in [0.2, 0.25) is 0 Å². The Hall–Kier alpha value is -0.920. The Bertz CT molecular complexity index is 431. The van der Waals surface area contributed by atoms with Gasteiger partial charge in [0.2, 0.25) is 0 Å². The van der Waals surface area contributed by atoms with Gasteiger partial charge in [0.15, 0.2) is 0 Å². The molecule has 5 N–H and O–H groups in total. The number of carboxylic acid groups (broad SMARTS) is 1. The molecule has 0 radical (unpaired) electrons. The van der Waals surface area contributed by atoms with Gasteiger partial charge in [-0.1, -0.05) is 26.3 Å². The Morgan fingerprint density at radius 3 is 1.89 bits per heavy atom. The largest absolute Gasteiger partial charge is 0.478 e. The lowest BCUT2D eigenvalue weighted by molar-refractivity contribution is -0.133. The molecule has 0 aromatic rings. The molecule has 0 spiro atoms. The van der Waals surface area contributed by atoms with E-state index in [1.165, 1.54) is 6.92 Å². The lowest BCUT2D eigenvalue weighted by atomic mass is 9.82. The summed E-state index contributed by atoms with van der Waals surface area (Å²) in [6, 6.07) is 0. The van der Waals surface area contributed by atoms with Gasteiger partial charge in [0.1, 0.15) is 0 Å². The molecule has 0 aliphatic rings. The van der Waals surface area contributed by atoms with E-state index in [4.69, 9.17) is 9.66 Å². The molecule has 0 aliphatic heterocycles. The van der Waals surface area contributed by atoms with Crippen molar-refractivity contribution in [2.75, 3.05) is 0 Å². The molecular weight excluding hydrogens is 258 g/mol. The number of carbonyl (C=O) groups is 1. The third-order valence-corrected chi connectivity index (χ3v) is 3.68. The van der Waals surface area contributed by atoms with Crippen LogP contribution in [0.3, 0.4) is 0 Å². The first-order valence-electron chi connectivity index (χ1n) is 5.27. The van der Waals surface area contributed by atoms with Crippen LogP contribution in [0.25, 0.3) is 0 Å². The molecular formula is C11H23NO5S. The summed E-state index contributed by atoms with van der Waals surface area (Å²) in [7, 11) is -4.13. The first-order chi connectivity index (χ1) is 7.37. The normalized spacial score (nSPS) is 15.4. The Kier molecular flexibility index (Phi) is 6.80. The SMILES string of the molecule is CC(CC(C)S(=O)(=O)O)=C(C(=O)O)C(C)(C)C.N. The van der Waals surface area contributed by atoms with Crippen LogP contribution in [0.5, 0.6) is 0 Å². The molecule has 0 fully saturated rings. The van der Waals surface area contributed by atoms with Crippen LogP contribution in [0.4, 0.5) is 0 Å². The number of hydrogen-bond donors (Lipinski definition) is 3. The van der Waals surface area contributed by atoms with Crippen LogP contribution in [-0.4, -0.2) is 29.3 Å². The van der Waals surface area contributed by atoms with E-state index in [0.717, 1.165) is 0 Å². The molecule has 7 heteroatoms. The van der Waals surface area contributed by atoms with Gasteiger partial charge in [-0.25, -0.2) is 4.79 Å². The highest BCUT2D eigenvalue weighted by molar-refractivity contribution is 7.86. The summed E-state index contributed by atoms with van der Waals surface area (Å²) in [5.41, 5.74) is 0.0811. The Balaban J connectivity index is 0. The molecule has 0 saturated heterocycles. The number of hydrogen-bond acceptors (Lipinski definition) is 4. The van der Waals surface area contributed by atoms with Crippen LogP contribution >= 0.6 is 0 Å². The summed E-state index contributed by atoms with van der Waals surface area (Å²) < 4.78 is 30.6. The van der Waals surface area contributed by atoms with Crippen molar-refractivity contribution < 1.29 is 22.9 Å². The van der Waals surface area contributed by atoms with Crippen molar-refractivity contribution >= 4 is 16.1 Å². The molecule has 6 nitrogen and oxygen atoms in total. The standard InChI is InChI=1S/C11H20O5S.H3N/c1-7(6-8(2)17(14,15)16)9(10(12)13)11(3,4)5;/h8H,6H2,1-5H3,(H,12,13)(H,14,15,16);1H3. The van der Waals surface area contributed by atoms with Gasteiger partial charge in [-0.15, -0.1) is 0 Å². The fourth-order valence-electron chi connectivity index (χ4n) is 1.78. The summed E-state index contributed by atoms with van der Waals surface area (Å²) in [5.74, 6) is -1.06. The molecule has 1 atom stereocenters. The summed E-state index contributed by atoms with van der Waals surface area (Å²) in [6.07, 6.45) is 0.0116. The van der Waals surface area contributed by atoms with Crippen molar-refractivity contribution in [1.82, 2.24) is 6.15 Å². The molecule has 108 valence electrons. The maximum atomic E-state index is 11.1. The Morgan fingerprint density at radius 2 is 1.67 bits per heavy atom. The second-order valence-electron chi connectivity index (χ2n) is 5.24. The molecule has 0 aliphatic carbocycles. The van der Waals surface area contributed by atoms with E-state index in [1.807, 2.05) is 0 Å². The van der Waals surface area contributed by atoms with Crippen LogP contribution in [0.15, 0.2) is 11.1 Å². The van der Waals surface area contributed by atoms with E-state index in [1.54, 1.807) is 27.7 Å². The van der Waals surface area contributed by atoms with Crippen LogP contribution in [0, 0.1) is 5.41 Å². The van der Waals surface area contributed by atoms with E-state index in [-0.39, 0.29) is 18.1 Å². The lowest BCUT2D eigenvalue weighted by Gasteiger charge is -2.23. The minimum atomic E-state index is -4.13. The topological polar surface area (TPSA) is 127 Å². The zero-order valence-electron chi connectivity index (χ0n) is 11.5. The molecule has 0 saturated carbocycles. The van der Waals surface area contributed by atoms with Crippen molar-refractivity contribution in [2.24, 2.45) is 5.41 Å². The van der Waals surface area contributed by atoms with Crippen molar-refractivity contribution in [1.29, 1.82) is 0 Å². The zero-order chi connectivity index (χ0) is 14.0. The average molecular weight is 281 g/mol. The highest BCUT2D eigenvalue weighted by Crippen LogP contribution is 2.30. The monoisotopic (exact) mass is 281 g/mol. The van der Waals surface area contributed by atoms with Crippen molar-refractivity contribution in [3.8, 4) is 0 Å². The molecule has 0 rings (SSSR count). The second kappa shape index (κ2) is 6.31. The summed E-state index contributed by atoms with van der Waals surface area (Å²) in [6.45, 7) is 8.17. The van der Waals surface area contributed by atoms with E-state index < -0.39 is 26.8 Å². The number of carboxylic acids is 1. The summed E-state index contributed by atoms with van der Waals surface area (Å²) >= 11 is 0. The van der Waals surface area contributed by atoms with Gasteiger partial charge < -0.3 is 11.3 Å². The van der Waals surface area contributed by atoms with Crippen molar-refractivity contribution in [3.05, 3.63) is 11.1 Å². The molecule has 1 unspecified atom stereocenters.